The molecular weight excluding hydrogens is 212 g/mol. The van der Waals surface area contributed by atoms with Crippen LogP contribution in [0.4, 0.5) is 0 Å². The highest BCUT2D eigenvalue weighted by Crippen LogP contribution is 2.37. The van der Waals surface area contributed by atoms with Gasteiger partial charge in [-0.1, -0.05) is 13.8 Å². The molecule has 3 heteroatoms. The molecule has 1 aliphatic carbocycles. The van der Waals surface area contributed by atoms with Crippen molar-refractivity contribution in [3.05, 3.63) is 0 Å². The number of likely N-dealkylation sites (N-methyl/N-ethyl adjacent to an activating group) is 1. The van der Waals surface area contributed by atoms with Crippen LogP contribution in [0, 0.1) is 5.92 Å². The lowest BCUT2D eigenvalue weighted by Crippen LogP contribution is -2.47. The van der Waals surface area contributed by atoms with E-state index >= 15 is 0 Å². The third-order valence-electron chi connectivity index (χ3n) is 5.00. The molecule has 1 heterocycles. The molecular formula is C14H28N2O. The number of hydrogen-bond acceptors (Lipinski definition) is 3. The average molecular weight is 240 g/mol. The van der Waals surface area contributed by atoms with Crippen LogP contribution in [0.3, 0.4) is 0 Å². The molecule has 17 heavy (non-hydrogen) atoms. The molecule has 1 aliphatic heterocycles. The van der Waals surface area contributed by atoms with Gasteiger partial charge in [-0.05, 0) is 51.6 Å². The summed E-state index contributed by atoms with van der Waals surface area (Å²) in [6.07, 6.45) is 6.19. The summed E-state index contributed by atoms with van der Waals surface area (Å²) >= 11 is 0. The van der Waals surface area contributed by atoms with Crippen molar-refractivity contribution in [2.24, 2.45) is 5.92 Å². The maximum Gasteiger partial charge on any atom is 0.0613 e. The van der Waals surface area contributed by atoms with Crippen molar-refractivity contribution in [2.75, 3.05) is 20.2 Å². The van der Waals surface area contributed by atoms with Gasteiger partial charge in [0, 0.05) is 17.6 Å². The molecule has 0 bridgehead atoms. The number of likely N-dealkylation sites (tertiary alicyclic amines) is 1. The highest BCUT2D eigenvalue weighted by Gasteiger charge is 2.42. The predicted octanol–water partition coefficient (Wildman–Crippen LogP) is 1.61. The zero-order chi connectivity index (χ0) is 12.5. The highest BCUT2D eigenvalue weighted by atomic mass is 16.3. The lowest BCUT2D eigenvalue weighted by atomic mass is 9.97. The number of hydrogen-bond donors (Lipinski definition) is 2. The summed E-state index contributed by atoms with van der Waals surface area (Å²) in [7, 11) is 1.99. The molecule has 2 fully saturated rings. The lowest BCUT2D eigenvalue weighted by Gasteiger charge is -2.34. The number of aliphatic hydroxyl groups excluding tert-OH is 1. The van der Waals surface area contributed by atoms with Crippen LogP contribution in [-0.4, -0.2) is 47.8 Å². The Hall–Kier alpha value is -0.120. The Morgan fingerprint density at radius 1 is 1.41 bits per heavy atom. The lowest BCUT2D eigenvalue weighted by molar-refractivity contribution is 0.125. The first-order valence-electron chi connectivity index (χ1n) is 7.17. The SMILES string of the molecule is CNC1(CO)CCC(N2CCCC2C(C)C)C1. The Morgan fingerprint density at radius 3 is 2.71 bits per heavy atom. The fourth-order valence-corrected chi connectivity index (χ4v) is 3.82. The van der Waals surface area contributed by atoms with E-state index in [1.165, 1.54) is 25.8 Å². The molecule has 0 aromatic heterocycles. The second-order valence-corrected chi connectivity index (χ2v) is 6.28. The molecule has 3 nitrogen and oxygen atoms in total. The first-order chi connectivity index (χ1) is 8.12. The fraction of sp³-hybridized carbons (Fsp3) is 1.00. The van der Waals surface area contributed by atoms with E-state index in [-0.39, 0.29) is 12.1 Å². The number of nitrogens with one attached hydrogen (secondary N) is 1. The first-order valence-corrected chi connectivity index (χ1v) is 7.17. The van der Waals surface area contributed by atoms with Gasteiger partial charge in [-0.25, -0.2) is 0 Å². The topological polar surface area (TPSA) is 35.5 Å². The van der Waals surface area contributed by atoms with Crippen LogP contribution in [-0.2, 0) is 0 Å². The number of nitrogens with zero attached hydrogens (tertiary/aromatic N) is 1. The zero-order valence-electron chi connectivity index (χ0n) is 11.6. The standard InChI is InChI=1S/C14H28N2O/c1-11(2)13-5-4-8-16(13)12-6-7-14(9-12,10-17)15-3/h11-13,15,17H,4-10H2,1-3H3. The quantitative estimate of drug-likeness (QED) is 0.783. The van der Waals surface area contributed by atoms with E-state index in [9.17, 15) is 5.11 Å². The Kier molecular flexibility index (Phi) is 4.11. The van der Waals surface area contributed by atoms with Crippen LogP contribution in [0.15, 0.2) is 0 Å². The van der Waals surface area contributed by atoms with Gasteiger partial charge >= 0.3 is 0 Å². The molecule has 2 N–H and O–H groups in total. The van der Waals surface area contributed by atoms with E-state index < -0.39 is 0 Å². The van der Waals surface area contributed by atoms with Gasteiger partial charge in [0.15, 0.2) is 0 Å². The zero-order valence-corrected chi connectivity index (χ0v) is 11.6. The Morgan fingerprint density at radius 2 is 2.18 bits per heavy atom. The maximum atomic E-state index is 9.57. The van der Waals surface area contributed by atoms with Crippen molar-refractivity contribution in [2.45, 2.75) is 63.6 Å². The first kappa shape index (κ1) is 13.3. The van der Waals surface area contributed by atoms with Crippen LogP contribution >= 0.6 is 0 Å². The van der Waals surface area contributed by atoms with Crippen LogP contribution in [0.5, 0.6) is 0 Å². The molecule has 3 unspecified atom stereocenters. The van der Waals surface area contributed by atoms with E-state index in [0.29, 0.717) is 6.04 Å². The van der Waals surface area contributed by atoms with Crippen molar-refractivity contribution in [3.63, 3.8) is 0 Å². The molecule has 1 saturated carbocycles. The summed E-state index contributed by atoms with van der Waals surface area (Å²) in [6.45, 7) is 6.23. The average Bonchev–Trinajstić information content (AvgIpc) is 2.96. The fourth-order valence-electron chi connectivity index (χ4n) is 3.82. The molecule has 0 amide bonds. The second-order valence-electron chi connectivity index (χ2n) is 6.28. The van der Waals surface area contributed by atoms with Crippen molar-refractivity contribution < 1.29 is 5.11 Å². The van der Waals surface area contributed by atoms with E-state index in [1.54, 1.807) is 0 Å². The van der Waals surface area contributed by atoms with Crippen molar-refractivity contribution in [3.8, 4) is 0 Å². The van der Waals surface area contributed by atoms with Crippen LogP contribution in [0.2, 0.25) is 0 Å². The Labute approximate surface area is 106 Å². The van der Waals surface area contributed by atoms with Gasteiger partial charge in [0.05, 0.1) is 6.61 Å². The summed E-state index contributed by atoms with van der Waals surface area (Å²) in [4.78, 5) is 2.72. The summed E-state index contributed by atoms with van der Waals surface area (Å²) in [6, 6.07) is 1.45. The number of rotatable bonds is 4. The molecule has 2 aliphatic rings. The van der Waals surface area contributed by atoms with Gasteiger partial charge in [-0.2, -0.15) is 0 Å². The predicted molar refractivity (Wildman–Crippen MR) is 71.1 cm³/mol. The van der Waals surface area contributed by atoms with Gasteiger partial charge in [-0.3, -0.25) is 4.90 Å². The van der Waals surface area contributed by atoms with Gasteiger partial charge in [-0.15, -0.1) is 0 Å². The normalized spacial score (nSPS) is 39.4. The van der Waals surface area contributed by atoms with E-state index in [0.717, 1.165) is 24.8 Å². The molecule has 3 atom stereocenters. The molecule has 100 valence electrons. The minimum absolute atomic E-state index is 0.00517. The van der Waals surface area contributed by atoms with E-state index in [2.05, 4.69) is 24.1 Å². The molecule has 0 aromatic carbocycles. The monoisotopic (exact) mass is 240 g/mol. The molecule has 2 rings (SSSR count). The third kappa shape index (κ3) is 2.51. The summed E-state index contributed by atoms with van der Waals surface area (Å²) < 4.78 is 0. The molecule has 0 aromatic rings. The summed E-state index contributed by atoms with van der Waals surface area (Å²) in [5, 5.41) is 12.9. The number of aliphatic hydroxyl groups is 1. The Balaban J connectivity index is 2.00. The summed E-state index contributed by atoms with van der Waals surface area (Å²) in [5.74, 6) is 0.760. The van der Waals surface area contributed by atoms with Crippen molar-refractivity contribution in [1.29, 1.82) is 0 Å². The van der Waals surface area contributed by atoms with Gasteiger partial charge < -0.3 is 10.4 Å². The molecule has 0 spiro atoms. The maximum absolute atomic E-state index is 9.57. The van der Waals surface area contributed by atoms with Gasteiger partial charge in [0.25, 0.3) is 0 Å². The van der Waals surface area contributed by atoms with Crippen molar-refractivity contribution >= 4 is 0 Å². The minimum Gasteiger partial charge on any atom is -0.394 e. The molecule has 0 radical (unpaired) electrons. The van der Waals surface area contributed by atoms with Gasteiger partial charge in [0.1, 0.15) is 0 Å². The largest absolute Gasteiger partial charge is 0.394 e. The smallest absolute Gasteiger partial charge is 0.0613 e. The minimum atomic E-state index is -0.00517. The summed E-state index contributed by atoms with van der Waals surface area (Å²) in [5.41, 5.74) is -0.00517. The van der Waals surface area contributed by atoms with Crippen LogP contribution in [0.1, 0.15) is 46.0 Å². The second kappa shape index (κ2) is 5.25. The highest BCUT2D eigenvalue weighted by molar-refractivity contribution is 5.01. The Bertz CT molecular complexity index is 251. The van der Waals surface area contributed by atoms with E-state index in [4.69, 9.17) is 0 Å². The van der Waals surface area contributed by atoms with E-state index in [1.807, 2.05) is 7.05 Å². The van der Waals surface area contributed by atoms with Gasteiger partial charge in [0.2, 0.25) is 0 Å². The van der Waals surface area contributed by atoms with Crippen molar-refractivity contribution in [1.82, 2.24) is 10.2 Å². The van der Waals surface area contributed by atoms with Crippen LogP contribution < -0.4 is 5.32 Å². The third-order valence-corrected chi connectivity index (χ3v) is 5.00. The van der Waals surface area contributed by atoms with Crippen LogP contribution in [0.25, 0.3) is 0 Å². The molecule has 1 saturated heterocycles.